The van der Waals surface area contributed by atoms with Crippen molar-refractivity contribution in [2.45, 2.75) is 32.4 Å². The molecule has 1 aliphatic heterocycles. The van der Waals surface area contributed by atoms with Gasteiger partial charge >= 0.3 is 0 Å². The first-order valence-corrected chi connectivity index (χ1v) is 9.87. The Labute approximate surface area is 162 Å². The molecule has 0 aliphatic carbocycles. The number of guanidine groups is 1. The van der Waals surface area contributed by atoms with Crippen molar-refractivity contribution < 1.29 is 0 Å². The van der Waals surface area contributed by atoms with Gasteiger partial charge < -0.3 is 15.5 Å². The molecule has 1 saturated heterocycles. The largest absolute Gasteiger partial charge is 0.363 e. The van der Waals surface area contributed by atoms with E-state index in [0.29, 0.717) is 12.6 Å². The monoisotopic (exact) mass is 368 g/mol. The lowest BCUT2D eigenvalue weighted by Gasteiger charge is -2.24. The predicted octanol–water partition coefficient (Wildman–Crippen LogP) is 2.45. The maximum absolute atomic E-state index is 4.74. The molecule has 0 bridgehead atoms. The number of fused-ring (bicyclic) bond motifs is 1. The number of hydrogen-bond donors (Lipinski definition) is 2. The SMILES string of the molecule is CCN1CCCC1CNC(=NC)NCc1cc(N(C)C)nc2ccccc12. The number of benzene rings is 1. The maximum atomic E-state index is 4.74. The first kappa shape index (κ1) is 19.4. The molecule has 3 rings (SSSR count). The summed E-state index contributed by atoms with van der Waals surface area (Å²) in [5.74, 6) is 1.82. The minimum atomic E-state index is 0.607. The molecule has 2 N–H and O–H groups in total. The van der Waals surface area contributed by atoms with E-state index < -0.39 is 0 Å². The Morgan fingerprint density at radius 3 is 2.85 bits per heavy atom. The summed E-state index contributed by atoms with van der Waals surface area (Å²) in [6.07, 6.45) is 2.56. The Bertz CT molecular complexity index is 785. The van der Waals surface area contributed by atoms with Crippen LogP contribution in [0.4, 0.5) is 5.82 Å². The van der Waals surface area contributed by atoms with Crippen LogP contribution in [-0.2, 0) is 6.54 Å². The van der Waals surface area contributed by atoms with Crippen LogP contribution in [0.25, 0.3) is 10.9 Å². The van der Waals surface area contributed by atoms with E-state index in [1.165, 1.54) is 30.3 Å². The predicted molar refractivity (Wildman–Crippen MR) is 115 cm³/mol. The number of pyridine rings is 1. The van der Waals surface area contributed by atoms with Crippen LogP contribution in [0, 0.1) is 0 Å². The number of anilines is 1. The molecule has 2 heterocycles. The van der Waals surface area contributed by atoms with E-state index in [0.717, 1.165) is 30.4 Å². The molecule has 1 aromatic carbocycles. The zero-order chi connectivity index (χ0) is 19.2. The molecule has 6 nitrogen and oxygen atoms in total. The number of hydrogen-bond acceptors (Lipinski definition) is 4. The fourth-order valence-corrected chi connectivity index (χ4v) is 3.76. The third-order valence-corrected chi connectivity index (χ3v) is 5.33. The van der Waals surface area contributed by atoms with E-state index in [1.807, 2.05) is 32.1 Å². The highest BCUT2D eigenvalue weighted by Gasteiger charge is 2.22. The molecule has 0 radical (unpaired) electrons. The van der Waals surface area contributed by atoms with E-state index in [2.05, 4.69) is 51.7 Å². The average Bonchev–Trinajstić information content (AvgIpc) is 3.15. The van der Waals surface area contributed by atoms with Crippen molar-refractivity contribution in [1.29, 1.82) is 0 Å². The zero-order valence-electron chi connectivity index (χ0n) is 17.0. The average molecular weight is 369 g/mol. The summed E-state index contributed by atoms with van der Waals surface area (Å²) in [5, 5.41) is 8.16. The second-order valence-corrected chi connectivity index (χ2v) is 7.28. The summed E-state index contributed by atoms with van der Waals surface area (Å²) in [5.41, 5.74) is 2.25. The van der Waals surface area contributed by atoms with E-state index in [1.54, 1.807) is 0 Å². The number of aromatic nitrogens is 1. The van der Waals surface area contributed by atoms with Crippen LogP contribution >= 0.6 is 0 Å². The second kappa shape index (κ2) is 9.04. The first-order chi connectivity index (χ1) is 13.1. The van der Waals surface area contributed by atoms with Gasteiger partial charge in [0.1, 0.15) is 5.82 Å². The van der Waals surface area contributed by atoms with Crippen LogP contribution in [0.2, 0.25) is 0 Å². The van der Waals surface area contributed by atoms with Gasteiger partial charge in [-0.2, -0.15) is 0 Å². The van der Waals surface area contributed by atoms with E-state index in [-0.39, 0.29) is 0 Å². The minimum Gasteiger partial charge on any atom is -0.363 e. The Kier molecular flexibility index (Phi) is 6.50. The lowest BCUT2D eigenvalue weighted by Crippen LogP contribution is -2.44. The third-order valence-electron chi connectivity index (χ3n) is 5.33. The quantitative estimate of drug-likeness (QED) is 0.606. The third kappa shape index (κ3) is 4.69. The highest BCUT2D eigenvalue weighted by molar-refractivity contribution is 5.85. The maximum Gasteiger partial charge on any atom is 0.191 e. The molecule has 1 aromatic heterocycles. The number of likely N-dealkylation sites (tertiary alicyclic amines) is 1. The molecule has 1 atom stereocenters. The van der Waals surface area contributed by atoms with Gasteiger partial charge in [-0.1, -0.05) is 25.1 Å². The number of aliphatic imine (C=N–C) groups is 1. The van der Waals surface area contributed by atoms with Crippen molar-refractivity contribution >= 4 is 22.7 Å². The van der Waals surface area contributed by atoms with Gasteiger partial charge in [-0.3, -0.25) is 9.89 Å². The summed E-state index contributed by atoms with van der Waals surface area (Å²) in [4.78, 5) is 13.7. The fraction of sp³-hybridized carbons (Fsp3) is 0.524. The highest BCUT2D eigenvalue weighted by Crippen LogP contribution is 2.22. The van der Waals surface area contributed by atoms with Crippen LogP contribution in [-0.4, -0.2) is 62.7 Å². The normalized spacial score (nSPS) is 18.1. The number of nitrogens with one attached hydrogen (secondary N) is 2. The van der Waals surface area contributed by atoms with Crippen molar-refractivity contribution in [3.8, 4) is 0 Å². The van der Waals surface area contributed by atoms with Gasteiger partial charge in [0, 0.05) is 45.7 Å². The number of nitrogens with zero attached hydrogens (tertiary/aromatic N) is 4. The zero-order valence-corrected chi connectivity index (χ0v) is 17.0. The summed E-state index contributed by atoms with van der Waals surface area (Å²) < 4.78 is 0. The lowest BCUT2D eigenvalue weighted by molar-refractivity contribution is 0.267. The van der Waals surface area contributed by atoms with Crippen LogP contribution in [0.1, 0.15) is 25.3 Å². The molecular formula is C21H32N6. The standard InChI is InChI=1S/C21H32N6/c1-5-27-12-8-9-17(27)15-24-21(22-2)23-14-16-13-20(26(3)4)25-19-11-7-6-10-18(16)19/h6-7,10-11,13,17H,5,8-9,12,14-15H2,1-4H3,(H2,22,23,24). The summed E-state index contributed by atoms with van der Waals surface area (Å²) >= 11 is 0. The molecular weight excluding hydrogens is 336 g/mol. The molecule has 6 heteroatoms. The lowest BCUT2D eigenvalue weighted by atomic mass is 10.1. The fourth-order valence-electron chi connectivity index (χ4n) is 3.76. The number of likely N-dealkylation sites (N-methyl/N-ethyl adjacent to an activating group) is 1. The van der Waals surface area contributed by atoms with Crippen molar-refractivity contribution in [3.05, 3.63) is 35.9 Å². The molecule has 1 aliphatic rings. The second-order valence-electron chi connectivity index (χ2n) is 7.28. The van der Waals surface area contributed by atoms with Crippen molar-refractivity contribution in [2.75, 3.05) is 45.7 Å². The molecule has 2 aromatic rings. The number of para-hydroxylation sites is 1. The van der Waals surface area contributed by atoms with Crippen molar-refractivity contribution in [3.63, 3.8) is 0 Å². The molecule has 1 unspecified atom stereocenters. The van der Waals surface area contributed by atoms with E-state index in [4.69, 9.17) is 4.98 Å². The Morgan fingerprint density at radius 1 is 1.30 bits per heavy atom. The number of rotatable bonds is 6. The Balaban J connectivity index is 1.67. The first-order valence-electron chi connectivity index (χ1n) is 9.87. The van der Waals surface area contributed by atoms with Crippen LogP contribution < -0.4 is 15.5 Å². The Hall–Kier alpha value is -2.34. The van der Waals surface area contributed by atoms with Gasteiger partial charge in [0.25, 0.3) is 0 Å². The van der Waals surface area contributed by atoms with Gasteiger partial charge in [0.2, 0.25) is 0 Å². The van der Waals surface area contributed by atoms with Crippen LogP contribution in [0.3, 0.4) is 0 Å². The van der Waals surface area contributed by atoms with Crippen molar-refractivity contribution in [1.82, 2.24) is 20.5 Å². The molecule has 27 heavy (non-hydrogen) atoms. The van der Waals surface area contributed by atoms with Gasteiger partial charge in [0.15, 0.2) is 5.96 Å². The highest BCUT2D eigenvalue weighted by atomic mass is 15.2. The smallest absolute Gasteiger partial charge is 0.191 e. The van der Waals surface area contributed by atoms with Crippen LogP contribution in [0.5, 0.6) is 0 Å². The summed E-state index contributed by atoms with van der Waals surface area (Å²) in [6, 6.07) is 11.1. The molecule has 1 fully saturated rings. The minimum absolute atomic E-state index is 0.607. The molecule has 0 amide bonds. The summed E-state index contributed by atoms with van der Waals surface area (Å²) in [7, 11) is 5.88. The topological polar surface area (TPSA) is 55.8 Å². The van der Waals surface area contributed by atoms with Gasteiger partial charge in [-0.15, -0.1) is 0 Å². The summed E-state index contributed by atoms with van der Waals surface area (Å²) in [6.45, 7) is 6.22. The van der Waals surface area contributed by atoms with Crippen molar-refractivity contribution in [2.24, 2.45) is 4.99 Å². The molecule has 146 valence electrons. The molecule has 0 saturated carbocycles. The van der Waals surface area contributed by atoms with E-state index in [9.17, 15) is 0 Å². The molecule has 0 spiro atoms. The van der Waals surface area contributed by atoms with Gasteiger partial charge in [-0.25, -0.2) is 4.98 Å². The van der Waals surface area contributed by atoms with Gasteiger partial charge in [0.05, 0.1) is 5.52 Å². The van der Waals surface area contributed by atoms with Gasteiger partial charge in [-0.05, 0) is 43.6 Å². The van der Waals surface area contributed by atoms with E-state index >= 15 is 0 Å². The Morgan fingerprint density at radius 2 is 2.11 bits per heavy atom. The van der Waals surface area contributed by atoms with Crippen LogP contribution in [0.15, 0.2) is 35.3 Å².